The van der Waals surface area contributed by atoms with E-state index in [0.717, 1.165) is 19.3 Å². The van der Waals surface area contributed by atoms with Gasteiger partial charge in [0, 0.05) is 24.1 Å². The Balaban J connectivity index is 1.82. The minimum absolute atomic E-state index is 0.0580. The van der Waals surface area contributed by atoms with Crippen LogP contribution in [0.3, 0.4) is 0 Å². The number of carbonyl (C=O) groups excluding carboxylic acids is 1. The van der Waals surface area contributed by atoms with Crippen molar-refractivity contribution < 1.29 is 14.3 Å². The monoisotopic (exact) mass is 331 g/mol. The van der Waals surface area contributed by atoms with Crippen LogP contribution in [0, 0.1) is 5.92 Å². The maximum atomic E-state index is 12.0. The molecule has 1 aliphatic carbocycles. The van der Waals surface area contributed by atoms with Crippen LogP contribution in [-0.2, 0) is 9.53 Å². The number of halogens is 2. The van der Waals surface area contributed by atoms with Crippen LogP contribution < -0.4 is 10.1 Å². The van der Waals surface area contributed by atoms with Gasteiger partial charge >= 0.3 is 0 Å². The van der Waals surface area contributed by atoms with Crippen molar-refractivity contribution in [2.45, 2.75) is 25.3 Å². The minimum atomic E-state index is -0.144. The van der Waals surface area contributed by atoms with Crippen molar-refractivity contribution in [3.63, 3.8) is 0 Å². The highest BCUT2D eigenvalue weighted by molar-refractivity contribution is 6.35. The van der Waals surface area contributed by atoms with E-state index in [1.165, 1.54) is 0 Å². The van der Waals surface area contributed by atoms with E-state index in [-0.39, 0.29) is 18.6 Å². The molecule has 0 spiro atoms. The van der Waals surface area contributed by atoms with Gasteiger partial charge in [-0.3, -0.25) is 4.79 Å². The fourth-order valence-electron chi connectivity index (χ4n) is 2.62. The van der Waals surface area contributed by atoms with E-state index in [4.69, 9.17) is 32.7 Å². The number of benzene rings is 1. The maximum Gasteiger partial charge on any atom is 0.258 e. The van der Waals surface area contributed by atoms with E-state index in [9.17, 15) is 4.79 Å². The van der Waals surface area contributed by atoms with Crippen molar-refractivity contribution in [2.75, 3.05) is 20.3 Å². The van der Waals surface area contributed by atoms with Crippen molar-refractivity contribution >= 4 is 29.1 Å². The molecule has 0 saturated heterocycles. The summed E-state index contributed by atoms with van der Waals surface area (Å²) in [6, 6.07) is 5.08. The fourth-order valence-corrected chi connectivity index (χ4v) is 3.09. The van der Waals surface area contributed by atoms with Gasteiger partial charge in [-0.05, 0) is 31.0 Å². The predicted molar refractivity (Wildman–Crippen MR) is 83.1 cm³/mol. The van der Waals surface area contributed by atoms with Crippen LogP contribution in [0.1, 0.15) is 19.3 Å². The zero-order valence-corrected chi connectivity index (χ0v) is 13.4. The molecule has 0 aliphatic heterocycles. The Morgan fingerprint density at radius 3 is 2.90 bits per heavy atom. The molecule has 6 heteroatoms. The lowest BCUT2D eigenvalue weighted by Gasteiger charge is -2.20. The van der Waals surface area contributed by atoms with Crippen LogP contribution in [0.2, 0.25) is 10.0 Å². The Morgan fingerprint density at radius 2 is 2.19 bits per heavy atom. The van der Waals surface area contributed by atoms with Gasteiger partial charge in [-0.25, -0.2) is 0 Å². The second kappa shape index (κ2) is 7.87. The topological polar surface area (TPSA) is 47.6 Å². The molecule has 1 aliphatic rings. The third-order valence-electron chi connectivity index (χ3n) is 3.64. The number of hydrogen-bond donors (Lipinski definition) is 1. The molecule has 0 radical (unpaired) electrons. The predicted octanol–water partition coefficient (Wildman–Crippen LogP) is 3.30. The Bertz CT molecular complexity index is 496. The van der Waals surface area contributed by atoms with Crippen molar-refractivity contribution in [1.82, 2.24) is 5.32 Å². The van der Waals surface area contributed by atoms with Gasteiger partial charge in [0.1, 0.15) is 5.75 Å². The zero-order valence-electron chi connectivity index (χ0n) is 11.9. The van der Waals surface area contributed by atoms with Gasteiger partial charge in [-0.2, -0.15) is 0 Å². The fraction of sp³-hybridized carbons (Fsp3) is 0.533. The van der Waals surface area contributed by atoms with Gasteiger partial charge < -0.3 is 14.8 Å². The molecule has 1 amide bonds. The smallest absolute Gasteiger partial charge is 0.258 e. The van der Waals surface area contributed by atoms with Crippen LogP contribution in [0.15, 0.2) is 18.2 Å². The van der Waals surface area contributed by atoms with Crippen LogP contribution in [0.4, 0.5) is 0 Å². The lowest BCUT2D eigenvalue weighted by atomic mass is 10.1. The Labute approximate surface area is 134 Å². The van der Waals surface area contributed by atoms with Crippen molar-refractivity contribution in [3.8, 4) is 5.75 Å². The molecule has 0 aromatic heterocycles. The molecular formula is C15H19Cl2NO3. The number of amides is 1. The average Bonchev–Trinajstić information content (AvgIpc) is 2.85. The van der Waals surface area contributed by atoms with E-state index in [2.05, 4.69) is 5.32 Å². The lowest BCUT2D eigenvalue weighted by molar-refractivity contribution is -0.124. The molecule has 4 nitrogen and oxygen atoms in total. The van der Waals surface area contributed by atoms with E-state index < -0.39 is 0 Å². The maximum absolute atomic E-state index is 12.0. The Hall–Kier alpha value is -0.970. The normalized spacial score (nSPS) is 21.3. The first kappa shape index (κ1) is 16.4. The van der Waals surface area contributed by atoms with E-state index in [1.807, 2.05) is 0 Å². The van der Waals surface area contributed by atoms with Crippen molar-refractivity contribution in [3.05, 3.63) is 28.2 Å². The highest BCUT2D eigenvalue weighted by Gasteiger charge is 2.28. The second-order valence-electron chi connectivity index (χ2n) is 5.18. The number of carbonyl (C=O) groups is 1. The Kier molecular flexibility index (Phi) is 6.15. The zero-order chi connectivity index (χ0) is 15.2. The van der Waals surface area contributed by atoms with Crippen molar-refractivity contribution in [1.29, 1.82) is 0 Å². The number of hydrogen-bond acceptors (Lipinski definition) is 3. The molecule has 1 aromatic carbocycles. The summed E-state index contributed by atoms with van der Waals surface area (Å²) in [5, 5.41) is 3.93. The number of rotatable bonds is 6. The summed E-state index contributed by atoms with van der Waals surface area (Å²) in [6.45, 7) is 0.617. The Morgan fingerprint density at radius 1 is 1.38 bits per heavy atom. The molecule has 2 atom stereocenters. The second-order valence-corrected chi connectivity index (χ2v) is 6.03. The summed E-state index contributed by atoms with van der Waals surface area (Å²) in [7, 11) is 1.68. The van der Waals surface area contributed by atoms with Crippen LogP contribution >= 0.6 is 23.2 Å². The molecule has 0 heterocycles. The first-order chi connectivity index (χ1) is 10.1. The van der Waals surface area contributed by atoms with Crippen LogP contribution in [0.5, 0.6) is 5.75 Å². The van der Waals surface area contributed by atoms with Crippen molar-refractivity contribution in [2.24, 2.45) is 5.92 Å². The van der Waals surface area contributed by atoms with Gasteiger partial charge in [0.2, 0.25) is 0 Å². The summed E-state index contributed by atoms with van der Waals surface area (Å²) in [5.41, 5.74) is 0. The lowest BCUT2D eigenvalue weighted by Crippen LogP contribution is -2.41. The summed E-state index contributed by atoms with van der Waals surface area (Å²) < 4.78 is 10.6. The molecular weight excluding hydrogens is 313 g/mol. The van der Waals surface area contributed by atoms with E-state index >= 15 is 0 Å². The molecule has 1 aromatic rings. The summed E-state index contributed by atoms with van der Waals surface area (Å²) in [6.07, 6.45) is 3.19. The molecule has 116 valence electrons. The molecule has 2 rings (SSSR count). The standard InChI is InChI=1S/C15H19Cl2NO3/c1-20-8-10-3-2-4-13(10)18-15(19)9-21-14-6-5-11(16)7-12(14)17/h5-7,10,13H,2-4,8-9H2,1H3,(H,18,19)/t10-,13-/m1/s1. The van der Waals surface area contributed by atoms with Gasteiger partial charge in [-0.15, -0.1) is 0 Å². The van der Waals surface area contributed by atoms with E-state index in [1.54, 1.807) is 25.3 Å². The highest BCUT2D eigenvalue weighted by Crippen LogP contribution is 2.28. The average molecular weight is 332 g/mol. The van der Waals surface area contributed by atoms with Gasteiger partial charge in [0.15, 0.2) is 6.61 Å². The van der Waals surface area contributed by atoms with Crippen LogP contribution in [0.25, 0.3) is 0 Å². The third kappa shape index (κ3) is 4.77. The van der Waals surface area contributed by atoms with E-state index in [0.29, 0.717) is 28.3 Å². The minimum Gasteiger partial charge on any atom is -0.482 e. The molecule has 0 bridgehead atoms. The van der Waals surface area contributed by atoms with Gasteiger partial charge in [0.25, 0.3) is 5.91 Å². The first-order valence-electron chi connectivity index (χ1n) is 6.96. The molecule has 0 unspecified atom stereocenters. The number of methoxy groups -OCH3 is 1. The summed E-state index contributed by atoms with van der Waals surface area (Å²) >= 11 is 11.8. The summed E-state index contributed by atoms with van der Waals surface area (Å²) in [4.78, 5) is 12.0. The van der Waals surface area contributed by atoms with Gasteiger partial charge in [-0.1, -0.05) is 29.6 Å². The quantitative estimate of drug-likeness (QED) is 0.869. The largest absolute Gasteiger partial charge is 0.482 e. The third-order valence-corrected chi connectivity index (χ3v) is 4.17. The molecule has 1 fully saturated rings. The number of ether oxygens (including phenoxy) is 2. The first-order valence-corrected chi connectivity index (χ1v) is 7.72. The molecule has 21 heavy (non-hydrogen) atoms. The summed E-state index contributed by atoms with van der Waals surface area (Å²) in [5.74, 6) is 0.697. The van der Waals surface area contributed by atoms with Gasteiger partial charge in [0.05, 0.1) is 11.6 Å². The van der Waals surface area contributed by atoms with Crippen LogP contribution in [-0.4, -0.2) is 32.3 Å². The SMILES string of the molecule is COC[C@H]1CCC[C@H]1NC(=O)COc1ccc(Cl)cc1Cl. The number of nitrogens with one attached hydrogen (secondary N) is 1. The molecule has 1 N–H and O–H groups in total. The highest BCUT2D eigenvalue weighted by atomic mass is 35.5. The molecule has 1 saturated carbocycles.